The number of ether oxygens (including phenoxy) is 1. The summed E-state index contributed by atoms with van der Waals surface area (Å²) in [4.78, 5) is 26.6. The van der Waals surface area contributed by atoms with Crippen LogP contribution >= 0.6 is 24.0 Å². The van der Waals surface area contributed by atoms with Gasteiger partial charge in [-0.25, -0.2) is 4.39 Å². The van der Waals surface area contributed by atoms with E-state index in [9.17, 15) is 14.0 Å². The van der Waals surface area contributed by atoms with Gasteiger partial charge in [0.05, 0.1) is 4.91 Å². The van der Waals surface area contributed by atoms with E-state index in [1.165, 1.54) is 36.0 Å². The Morgan fingerprint density at radius 3 is 2.66 bits per heavy atom. The van der Waals surface area contributed by atoms with E-state index in [2.05, 4.69) is 5.32 Å². The van der Waals surface area contributed by atoms with Crippen molar-refractivity contribution >= 4 is 51.9 Å². The number of amides is 2. The van der Waals surface area contributed by atoms with Gasteiger partial charge in [0.25, 0.3) is 11.8 Å². The molecule has 29 heavy (non-hydrogen) atoms. The first-order valence-corrected chi connectivity index (χ1v) is 10.1. The second-order valence-electron chi connectivity index (χ2n) is 6.56. The fourth-order valence-corrected chi connectivity index (χ4v) is 4.17. The summed E-state index contributed by atoms with van der Waals surface area (Å²) in [6.45, 7) is 3.63. The molecule has 8 heteroatoms. The van der Waals surface area contributed by atoms with E-state index in [-0.39, 0.29) is 30.3 Å². The third-order valence-corrected chi connectivity index (χ3v) is 5.32. The van der Waals surface area contributed by atoms with Gasteiger partial charge < -0.3 is 10.1 Å². The van der Waals surface area contributed by atoms with Gasteiger partial charge in [-0.15, -0.1) is 0 Å². The molecule has 5 nitrogen and oxygen atoms in total. The Morgan fingerprint density at radius 2 is 2.00 bits per heavy atom. The zero-order valence-electron chi connectivity index (χ0n) is 15.8. The van der Waals surface area contributed by atoms with Gasteiger partial charge in [-0.2, -0.15) is 0 Å². The first-order valence-electron chi connectivity index (χ1n) is 8.89. The smallest absolute Gasteiger partial charge is 0.266 e. The maximum Gasteiger partial charge on any atom is 0.266 e. The van der Waals surface area contributed by atoms with E-state index in [0.29, 0.717) is 20.7 Å². The van der Waals surface area contributed by atoms with Crippen molar-refractivity contribution in [2.24, 2.45) is 0 Å². The maximum absolute atomic E-state index is 12.9. The number of carbonyl (C=O) groups excluding carboxylic acids is 2. The van der Waals surface area contributed by atoms with Gasteiger partial charge in [0.15, 0.2) is 6.61 Å². The molecule has 2 aromatic rings. The number of nitrogens with zero attached hydrogens (tertiary/aromatic N) is 1. The van der Waals surface area contributed by atoms with Gasteiger partial charge in [-0.1, -0.05) is 36.1 Å². The number of hydrogen-bond acceptors (Lipinski definition) is 5. The summed E-state index contributed by atoms with van der Waals surface area (Å²) in [5, 5.41) is 2.63. The lowest BCUT2D eigenvalue weighted by Gasteiger charge is -2.18. The minimum absolute atomic E-state index is 0.00249. The van der Waals surface area contributed by atoms with E-state index in [0.717, 1.165) is 5.56 Å². The van der Waals surface area contributed by atoms with Crippen molar-refractivity contribution < 1.29 is 18.7 Å². The third kappa shape index (κ3) is 5.42. The number of hydrogen-bond donors (Lipinski definition) is 1. The molecule has 1 fully saturated rings. The van der Waals surface area contributed by atoms with E-state index >= 15 is 0 Å². The zero-order chi connectivity index (χ0) is 21.0. The summed E-state index contributed by atoms with van der Waals surface area (Å²) in [5.41, 5.74) is 1.26. The first-order chi connectivity index (χ1) is 13.8. The van der Waals surface area contributed by atoms with Crippen LogP contribution in [-0.2, 0) is 9.59 Å². The molecule has 1 saturated heterocycles. The predicted octanol–water partition coefficient (Wildman–Crippen LogP) is 4.45. The monoisotopic (exact) mass is 430 g/mol. The van der Waals surface area contributed by atoms with Crippen molar-refractivity contribution in [1.82, 2.24) is 4.90 Å². The van der Waals surface area contributed by atoms with Crippen molar-refractivity contribution in [2.45, 2.75) is 19.9 Å². The van der Waals surface area contributed by atoms with E-state index in [1.54, 1.807) is 29.2 Å². The molecule has 2 aromatic carbocycles. The van der Waals surface area contributed by atoms with E-state index in [4.69, 9.17) is 17.0 Å². The SMILES string of the molecule is CC(C)N1C(=O)C(=Cc2cccc(OCC(=O)Nc3ccc(F)cc3)c2)SC1=S. The first kappa shape index (κ1) is 21.0. The summed E-state index contributed by atoms with van der Waals surface area (Å²) in [7, 11) is 0. The normalized spacial score (nSPS) is 15.3. The number of halogens is 1. The molecular formula is C21H19FN2O3S2. The lowest BCUT2D eigenvalue weighted by atomic mass is 10.2. The van der Waals surface area contributed by atoms with Gasteiger partial charge in [0, 0.05) is 11.7 Å². The number of thiocarbonyl (C=S) groups is 1. The topological polar surface area (TPSA) is 58.6 Å². The van der Waals surface area contributed by atoms with Gasteiger partial charge in [-0.3, -0.25) is 14.5 Å². The van der Waals surface area contributed by atoms with Crippen molar-refractivity contribution in [3.05, 3.63) is 64.8 Å². The number of anilines is 1. The average molecular weight is 431 g/mol. The quantitative estimate of drug-likeness (QED) is 0.542. The second-order valence-corrected chi connectivity index (χ2v) is 8.24. The molecule has 0 spiro atoms. The highest BCUT2D eigenvalue weighted by Gasteiger charge is 2.33. The molecule has 0 saturated carbocycles. The lowest BCUT2D eigenvalue weighted by Crippen LogP contribution is -2.34. The maximum atomic E-state index is 12.9. The standard InChI is InChI=1S/C21H19FN2O3S2/c1-13(2)24-20(26)18(29-21(24)28)11-14-4-3-5-17(10-14)27-12-19(25)23-16-8-6-15(22)7-9-16/h3-11,13H,12H2,1-2H3,(H,23,25). The molecule has 150 valence electrons. The minimum atomic E-state index is -0.374. The molecule has 0 radical (unpaired) electrons. The second kappa shape index (κ2) is 9.19. The molecule has 0 unspecified atom stereocenters. The number of rotatable bonds is 6. The Bertz CT molecular complexity index is 974. The van der Waals surface area contributed by atoms with Crippen molar-refractivity contribution in [3.8, 4) is 5.75 Å². The highest BCUT2D eigenvalue weighted by atomic mass is 32.2. The number of benzene rings is 2. The molecule has 1 aliphatic heterocycles. The largest absolute Gasteiger partial charge is 0.484 e. The predicted molar refractivity (Wildman–Crippen MR) is 117 cm³/mol. The Hall–Kier alpha value is -2.71. The summed E-state index contributed by atoms with van der Waals surface area (Å²) in [6.07, 6.45) is 1.76. The molecule has 1 heterocycles. The molecule has 0 aliphatic carbocycles. The van der Waals surface area contributed by atoms with Crippen LogP contribution < -0.4 is 10.1 Å². The van der Waals surface area contributed by atoms with Crippen LogP contribution in [0.4, 0.5) is 10.1 Å². The van der Waals surface area contributed by atoms with Crippen LogP contribution in [0.25, 0.3) is 6.08 Å². The van der Waals surface area contributed by atoms with Crippen molar-refractivity contribution in [1.29, 1.82) is 0 Å². The number of nitrogens with one attached hydrogen (secondary N) is 1. The Kier molecular flexibility index (Phi) is 6.66. The molecule has 1 aliphatic rings. The van der Waals surface area contributed by atoms with Crippen molar-refractivity contribution in [3.63, 3.8) is 0 Å². The summed E-state index contributed by atoms with van der Waals surface area (Å²) >= 11 is 6.55. The van der Waals surface area contributed by atoms with Crippen LogP contribution in [0.1, 0.15) is 19.4 Å². The molecule has 3 rings (SSSR count). The van der Waals surface area contributed by atoms with E-state index in [1.807, 2.05) is 19.9 Å². The Labute approximate surface area is 177 Å². The van der Waals surface area contributed by atoms with Crippen molar-refractivity contribution in [2.75, 3.05) is 11.9 Å². The molecular weight excluding hydrogens is 411 g/mol. The summed E-state index contributed by atoms with van der Waals surface area (Å²) in [5.74, 6) is -0.353. The van der Waals surface area contributed by atoms with Crippen LogP contribution in [-0.4, -0.2) is 33.7 Å². The minimum Gasteiger partial charge on any atom is -0.484 e. The summed E-state index contributed by atoms with van der Waals surface area (Å²) < 4.78 is 19.0. The van der Waals surface area contributed by atoms with Crippen LogP contribution in [0, 0.1) is 5.82 Å². The van der Waals surface area contributed by atoms with Crippen LogP contribution in [0.5, 0.6) is 5.75 Å². The molecule has 1 N–H and O–H groups in total. The fourth-order valence-electron chi connectivity index (χ4n) is 2.65. The molecule has 2 amide bonds. The van der Waals surface area contributed by atoms with Gasteiger partial charge in [0.1, 0.15) is 15.9 Å². The van der Waals surface area contributed by atoms with Crippen LogP contribution in [0.3, 0.4) is 0 Å². The average Bonchev–Trinajstić information content (AvgIpc) is 2.95. The molecule has 0 atom stereocenters. The Balaban J connectivity index is 1.62. The zero-order valence-corrected chi connectivity index (χ0v) is 17.5. The van der Waals surface area contributed by atoms with Crippen LogP contribution in [0.15, 0.2) is 53.4 Å². The van der Waals surface area contributed by atoms with Gasteiger partial charge in [-0.05, 0) is 61.9 Å². The highest BCUT2D eigenvalue weighted by Crippen LogP contribution is 2.34. The fraction of sp³-hybridized carbons (Fsp3) is 0.190. The Morgan fingerprint density at radius 1 is 1.28 bits per heavy atom. The molecule has 0 bridgehead atoms. The van der Waals surface area contributed by atoms with E-state index < -0.39 is 0 Å². The van der Waals surface area contributed by atoms with Crippen LogP contribution in [0.2, 0.25) is 0 Å². The number of carbonyl (C=O) groups is 2. The van der Waals surface area contributed by atoms with Gasteiger partial charge >= 0.3 is 0 Å². The highest BCUT2D eigenvalue weighted by molar-refractivity contribution is 8.26. The van der Waals surface area contributed by atoms with Gasteiger partial charge in [0.2, 0.25) is 0 Å². The molecule has 0 aromatic heterocycles. The summed E-state index contributed by atoms with van der Waals surface area (Å²) in [6, 6.07) is 12.6. The number of thioether (sulfide) groups is 1. The lowest BCUT2D eigenvalue weighted by molar-refractivity contribution is -0.123. The third-order valence-electron chi connectivity index (χ3n) is 3.99.